The van der Waals surface area contributed by atoms with Crippen LogP contribution in [0.25, 0.3) is 0 Å². The Balaban J connectivity index is 2.77. The van der Waals surface area contributed by atoms with E-state index in [1.54, 1.807) is 18.3 Å². The zero-order valence-corrected chi connectivity index (χ0v) is 11.7. The molecule has 4 heteroatoms. The lowest BCUT2D eigenvalue weighted by atomic mass is 9.95. The van der Waals surface area contributed by atoms with E-state index in [0.717, 1.165) is 6.42 Å². The van der Waals surface area contributed by atoms with Gasteiger partial charge in [-0.3, -0.25) is 10.1 Å². The van der Waals surface area contributed by atoms with Crippen LogP contribution in [-0.4, -0.2) is 16.6 Å². The highest BCUT2D eigenvalue weighted by molar-refractivity contribution is 7.12. The number of rotatable bonds is 6. The lowest BCUT2D eigenvalue weighted by Crippen LogP contribution is -2.50. The van der Waals surface area contributed by atoms with Gasteiger partial charge < -0.3 is 5.11 Å². The van der Waals surface area contributed by atoms with Gasteiger partial charge in [0.2, 0.25) is 0 Å². The molecule has 0 aliphatic rings. The summed E-state index contributed by atoms with van der Waals surface area (Å²) in [6, 6.07) is 4.20. The van der Waals surface area contributed by atoms with Crippen molar-refractivity contribution in [2.45, 2.75) is 52.1 Å². The molecule has 0 aliphatic carbocycles. The number of hydrogen-bond donors (Lipinski definition) is 2. The third-order valence-corrected chi connectivity index (χ3v) is 4.13. The maximum absolute atomic E-state index is 11.3. The Bertz CT molecular complexity index is 389. The molecule has 0 spiro atoms. The van der Waals surface area contributed by atoms with Crippen LogP contribution < -0.4 is 5.32 Å². The lowest BCUT2D eigenvalue weighted by Gasteiger charge is -2.29. The largest absolute Gasteiger partial charge is 0.480 e. The number of hydrogen-bond acceptors (Lipinski definition) is 3. The van der Waals surface area contributed by atoms with Crippen LogP contribution in [0.1, 0.15) is 49.4 Å². The fraction of sp³-hybridized carbons (Fsp3) is 0.615. The molecule has 1 heterocycles. The molecule has 0 fully saturated rings. The van der Waals surface area contributed by atoms with Gasteiger partial charge in [-0.2, -0.15) is 0 Å². The standard InChI is InChI=1S/C13H21NO2S/c1-5-8-13(4,12(15)16)14-10(3)11-7-6-9(2)17-11/h6-7,10,14H,5,8H2,1-4H3,(H,15,16). The molecule has 0 bridgehead atoms. The third kappa shape index (κ3) is 3.54. The minimum atomic E-state index is -0.841. The maximum Gasteiger partial charge on any atom is 0.323 e. The summed E-state index contributed by atoms with van der Waals surface area (Å²) in [7, 11) is 0. The van der Waals surface area contributed by atoms with Crippen LogP contribution in [0, 0.1) is 6.92 Å². The van der Waals surface area contributed by atoms with Crippen molar-refractivity contribution < 1.29 is 9.90 Å². The summed E-state index contributed by atoms with van der Waals surface area (Å²) in [6.45, 7) is 7.84. The summed E-state index contributed by atoms with van der Waals surface area (Å²) in [6.07, 6.45) is 1.49. The molecular weight excluding hydrogens is 234 g/mol. The highest BCUT2D eigenvalue weighted by Crippen LogP contribution is 2.25. The fourth-order valence-corrected chi connectivity index (χ4v) is 2.86. The lowest BCUT2D eigenvalue weighted by molar-refractivity contribution is -0.144. The van der Waals surface area contributed by atoms with Crippen LogP contribution in [0.3, 0.4) is 0 Å². The first kappa shape index (κ1) is 14.2. The second-order valence-corrected chi connectivity index (χ2v) is 6.02. The van der Waals surface area contributed by atoms with Crippen LogP contribution in [0.15, 0.2) is 12.1 Å². The molecule has 1 rings (SSSR count). The quantitative estimate of drug-likeness (QED) is 0.819. The van der Waals surface area contributed by atoms with Gasteiger partial charge in [0.15, 0.2) is 0 Å². The minimum Gasteiger partial charge on any atom is -0.480 e. The van der Waals surface area contributed by atoms with E-state index in [1.165, 1.54) is 9.75 Å². The monoisotopic (exact) mass is 255 g/mol. The molecule has 3 nitrogen and oxygen atoms in total. The SMILES string of the molecule is CCCC(C)(NC(C)c1ccc(C)s1)C(=O)O. The number of thiophene rings is 1. The average molecular weight is 255 g/mol. The molecule has 96 valence electrons. The molecule has 0 saturated heterocycles. The van der Waals surface area contributed by atoms with Gasteiger partial charge in [0.05, 0.1) is 0 Å². The Kier molecular flexibility index (Phi) is 4.71. The van der Waals surface area contributed by atoms with Gasteiger partial charge in [-0.15, -0.1) is 11.3 Å². The van der Waals surface area contributed by atoms with Crippen LogP contribution >= 0.6 is 11.3 Å². The Labute approximate surface area is 107 Å². The molecule has 1 aromatic heterocycles. The smallest absolute Gasteiger partial charge is 0.323 e. The number of aliphatic carboxylic acids is 1. The molecular formula is C13H21NO2S. The first-order chi connectivity index (χ1) is 7.89. The molecule has 0 aromatic carbocycles. The van der Waals surface area contributed by atoms with Gasteiger partial charge >= 0.3 is 5.97 Å². The van der Waals surface area contributed by atoms with E-state index in [1.807, 2.05) is 13.8 Å². The summed E-state index contributed by atoms with van der Waals surface area (Å²) in [5, 5.41) is 12.5. The van der Waals surface area contributed by atoms with Gasteiger partial charge in [0.1, 0.15) is 5.54 Å². The van der Waals surface area contributed by atoms with Crippen molar-refractivity contribution in [3.05, 3.63) is 21.9 Å². The van der Waals surface area contributed by atoms with Crippen LogP contribution in [0.5, 0.6) is 0 Å². The molecule has 2 N–H and O–H groups in total. The van der Waals surface area contributed by atoms with Crippen molar-refractivity contribution in [3.63, 3.8) is 0 Å². The van der Waals surface area contributed by atoms with E-state index >= 15 is 0 Å². The van der Waals surface area contributed by atoms with E-state index in [0.29, 0.717) is 6.42 Å². The van der Waals surface area contributed by atoms with Gasteiger partial charge in [-0.1, -0.05) is 13.3 Å². The first-order valence-electron chi connectivity index (χ1n) is 5.96. The molecule has 2 unspecified atom stereocenters. The number of aryl methyl sites for hydroxylation is 1. The number of carbonyl (C=O) groups is 1. The summed E-state index contributed by atoms with van der Waals surface area (Å²) >= 11 is 1.71. The number of nitrogens with one attached hydrogen (secondary N) is 1. The third-order valence-electron chi connectivity index (χ3n) is 2.95. The molecule has 0 aliphatic heterocycles. The summed E-state index contributed by atoms with van der Waals surface area (Å²) in [5.41, 5.74) is -0.841. The van der Waals surface area contributed by atoms with Gasteiger partial charge in [0, 0.05) is 15.8 Å². The van der Waals surface area contributed by atoms with E-state index in [-0.39, 0.29) is 6.04 Å². The minimum absolute atomic E-state index is 0.0707. The zero-order valence-electron chi connectivity index (χ0n) is 10.9. The maximum atomic E-state index is 11.3. The molecule has 0 saturated carbocycles. The Morgan fingerprint density at radius 3 is 2.65 bits per heavy atom. The Hall–Kier alpha value is -0.870. The summed E-state index contributed by atoms with van der Waals surface area (Å²) in [5.74, 6) is -0.778. The van der Waals surface area contributed by atoms with Crippen molar-refractivity contribution in [3.8, 4) is 0 Å². The van der Waals surface area contributed by atoms with Gasteiger partial charge in [-0.25, -0.2) is 0 Å². The van der Waals surface area contributed by atoms with Crippen molar-refractivity contribution in [2.24, 2.45) is 0 Å². The van der Waals surface area contributed by atoms with Crippen molar-refractivity contribution >= 4 is 17.3 Å². The summed E-state index contributed by atoms with van der Waals surface area (Å²) in [4.78, 5) is 13.8. The zero-order chi connectivity index (χ0) is 13.1. The molecule has 0 amide bonds. The predicted octanol–water partition coefficient (Wildman–Crippen LogP) is 3.35. The van der Waals surface area contributed by atoms with E-state index in [2.05, 4.69) is 24.4 Å². The summed E-state index contributed by atoms with van der Waals surface area (Å²) < 4.78 is 0. The second kappa shape index (κ2) is 5.65. The van der Waals surface area contributed by atoms with Gasteiger partial charge in [-0.05, 0) is 39.3 Å². The van der Waals surface area contributed by atoms with Crippen molar-refractivity contribution in [2.75, 3.05) is 0 Å². The Morgan fingerprint density at radius 1 is 1.59 bits per heavy atom. The highest BCUT2D eigenvalue weighted by atomic mass is 32.1. The van der Waals surface area contributed by atoms with Crippen LogP contribution in [-0.2, 0) is 4.79 Å². The van der Waals surface area contributed by atoms with E-state index < -0.39 is 11.5 Å². The van der Waals surface area contributed by atoms with Crippen LogP contribution in [0.4, 0.5) is 0 Å². The number of carboxylic acids is 1. The molecule has 1 aromatic rings. The topological polar surface area (TPSA) is 49.3 Å². The molecule has 2 atom stereocenters. The van der Waals surface area contributed by atoms with Crippen molar-refractivity contribution in [1.82, 2.24) is 5.32 Å². The predicted molar refractivity (Wildman–Crippen MR) is 71.6 cm³/mol. The molecule has 17 heavy (non-hydrogen) atoms. The van der Waals surface area contributed by atoms with Gasteiger partial charge in [0.25, 0.3) is 0 Å². The second-order valence-electron chi connectivity index (χ2n) is 4.70. The van der Waals surface area contributed by atoms with Crippen molar-refractivity contribution in [1.29, 1.82) is 0 Å². The fourth-order valence-electron chi connectivity index (χ4n) is 1.98. The Morgan fingerprint density at radius 2 is 2.24 bits per heavy atom. The van der Waals surface area contributed by atoms with E-state index in [4.69, 9.17) is 0 Å². The highest BCUT2D eigenvalue weighted by Gasteiger charge is 2.33. The first-order valence-corrected chi connectivity index (χ1v) is 6.78. The number of carboxylic acid groups (broad SMARTS) is 1. The molecule has 0 radical (unpaired) electrons. The van der Waals surface area contributed by atoms with Crippen LogP contribution in [0.2, 0.25) is 0 Å². The van der Waals surface area contributed by atoms with E-state index in [9.17, 15) is 9.90 Å². The normalized spacial score (nSPS) is 16.5. The average Bonchev–Trinajstić information content (AvgIpc) is 2.65.